The van der Waals surface area contributed by atoms with Gasteiger partial charge in [0.25, 0.3) is 0 Å². The number of hydrogen-bond donors (Lipinski definition) is 1. The van der Waals surface area contributed by atoms with Crippen molar-refractivity contribution >= 4 is 23.5 Å². The fraction of sp³-hybridized carbons (Fsp3) is 1.00. The molecule has 1 N–H and O–H groups in total. The number of ether oxygens (including phenoxy) is 1. The zero-order valence-corrected chi connectivity index (χ0v) is 9.28. The Kier molecular flexibility index (Phi) is 3.84. The predicted molar refractivity (Wildman–Crippen MR) is 58.5 cm³/mol. The van der Waals surface area contributed by atoms with E-state index in [0.29, 0.717) is 11.2 Å². The van der Waals surface area contributed by atoms with Crippen molar-refractivity contribution in [3.63, 3.8) is 0 Å². The summed E-state index contributed by atoms with van der Waals surface area (Å²) in [6, 6.07) is 0. The molecule has 0 amide bonds. The summed E-state index contributed by atoms with van der Waals surface area (Å²) in [6.07, 6.45) is 0.906. The van der Waals surface area contributed by atoms with E-state index in [1.165, 1.54) is 11.5 Å². The molecule has 2 saturated heterocycles. The second-order valence-corrected chi connectivity index (χ2v) is 6.10. The van der Waals surface area contributed by atoms with Crippen LogP contribution in [0.4, 0.5) is 0 Å². The molecule has 2 aliphatic rings. The Balaban J connectivity index is 1.83. The summed E-state index contributed by atoms with van der Waals surface area (Å²) in [4.78, 5) is 0. The highest BCUT2D eigenvalue weighted by Gasteiger charge is 2.31. The Morgan fingerprint density at radius 3 is 2.92 bits per heavy atom. The first-order valence-electron chi connectivity index (χ1n) is 4.83. The van der Waals surface area contributed by atoms with Gasteiger partial charge in [-0.1, -0.05) is 0 Å². The van der Waals surface area contributed by atoms with Crippen molar-refractivity contribution in [2.24, 2.45) is 5.92 Å². The molecule has 0 spiro atoms. The lowest BCUT2D eigenvalue weighted by atomic mass is 10.00. The lowest BCUT2D eigenvalue weighted by molar-refractivity contribution is 0.0935. The number of hydrogen-bond acceptors (Lipinski definition) is 4. The third-order valence-corrected chi connectivity index (χ3v) is 5.54. The highest BCUT2D eigenvalue weighted by Crippen LogP contribution is 2.31. The first kappa shape index (κ1) is 10.1. The van der Waals surface area contributed by atoms with E-state index < -0.39 is 0 Å². The molecule has 76 valence electrons. The molecule has 13 heavy (non-hydrogen) atoms. The first-order valence-corrected chi connectivity index (χ1v) is 7.03. The minimum Gasteiger partial charge on any atom is -0.392 e. The van der Waals surface area contributed by atoms with Crippen molar-refractivity contribution < 1.29 is 9.84 Å². The van der Waals surface area contributed by atoms with E-state index in [9.17, 15) is 5.11 Å². The molecule has 2 aliphatic heterocycles. The van der Waals surface area contributed by atoms with E-state index in [-0.39, 0.29) is 6.10 Å². The van der Waals surface area contributed by atoms with Crippen molar-refractivity contribution in [3.8, 4) is 0 Å². The van der Waals surface area contributed by atoms with Crippen molar-refractivity contribution in [3.05, 3.63) is 0 Å². The van der Waals surface area contributed by atoms with Crippen molar-refractivity contribution in [2.75, 3.05) is 30.5 Å². The van der Waals surface area contributed by atoms with Crippen LogP contribution in [0.1, 0.15) is 6.42 Å². The zero-order valence-electron chi connectivity index (χ0n) is 7.65. The smallest absolute Gasteiger partial charge is 0.0717 e. The molecule has 2 rings (SSSR count). The molecule has 0 bridgehead atoms. The van der Waals surface area contributed by atoms with Crippen molar-refractivity contribution in [2.45, 2.75) is 17.8 Å². The summed E-state index contributed by atoms with van der Waals surface area (Å²) in [5.41, 5.74) is 0. The standard InChI is InChI=1S/C9H16O2S2/c10-9(7-1-2-11-5-7)8-6-12-3-4-13-8/h7-10H,1-6H2. The molecule has 2 fully saturated rings. The van der Waals surface area contributed by atoms with Gasteiger partial charge in [0, 0.05) is 35.0 Å². The van der Waals surface area contributed by atoms with Gasteiger partial charge in [0.2, 0.25) is 0 Å². The molecule has 0 aromatic heterocycles. The van der Waals surface area contributed by atoms with Crippen LogP contribution in [0.5, 0.6) is 0 Å². The monoisotopic (exact) mass is 220 g/mol. The van der Waals surface area contributed by atoms with Crippen LogP contribution in [-0.4, -0.2) is 46.9 Å². The van der Waals surface area contributed by atoms with Gasteiger partial charge in [-0.05, 0) is 6.42 Å². The number of aliphatic hydroxyl groups is 1. The normalized spacial score (nSPS) is 37.6. The molecule has 0 radical (unpaired) electrons. The molecule has 0 saturated carbocycles. The Morgan fingerprint density at radius 2 is 2.31 bits per heavy atom. The van der Waals surface area contributed by atoms with Gasteiger partial charge in [-0.25, -0.2) is 0 Å². The summed E-state index contributed by atoms with van der Waals surface area (Å²) >= 11 is 3.90. The van der Waals surface area contributed by atoms with Gasteiger partial charge in [0.15, 0.2) is 0 Å². The van der Waals surface area contributed by atoms with E-state index in [0.717, 1.165) is 25.4 Å². The summed E-state index contributed by atoms with van der Waals surface area (Å²) in [5.74, 6) is 3.95. The average Bonchev–Trinajstić information content (AvgIpc) is 2.71. The Morgan fingerprint density at radius 1 is 1.38 bits per heavy atom. The third kappa shape index (κ3) is 2.55. The van der Waals surface area contributed by atoms with Gasteiger partial charge in [-0.15, -0.1) is 0 Å². The maximum absolute atomic E-state index is 10.1. The van der Waals surface area contributed by atoms with Gasteiger partial charge in [-0.3, -0.25) is 0 Å². The number of thioether (sulfide) groups is 2. The summed E-state index contributed by atoms with van der Waals surface area (Å²) < 4.78 is 5.29. The van der Waals surface area contributed by atoms with Gasteiger partial charge in [0.1, 0.15) is 0 Å². The highest BCUT2D eigenvalue weighted by atomic mass is 32.2. The van der Waals surface area contributed by atoms with Crippen LogP contribution in [-0.2, 0) is 4.74 Å². The number of rotatable bonds is 2. The Bertz CT molecular complexity index is 154. The summed E-state index contributed by atoms with van der Waals surface area (Å²) in [7, 11) is 0. The zero-order chi connectivity index (χ0) is 9.10. The van der Waals surface area contributed by atoms with Crippen LogP contribution in [0.3, 0.4) is 0 Å². The van der Waals surface area contributed by atoms with Crippen LogP contribution in [0, 0.1) is 5.92 Å². The maximum Gasteiger partial charge on any atom is 0.0717 e. The Labute approximate surface area is 87.8 Å². The SMILES string of the molecule is OC(C1CCOC1)C1CSCCS1. The molecular weight excluding hydrogens is 204 g/mol. The van der Waals surface area contributed by atoms with Gasteiger partial charge in [-0.2, -0.15) is 23.5 Å². The van der Waals surface area contributed by atoms with Crippen LogP contribution < -0.4 is 0 Å². The maximum atomic E-state index is 10.1. The topological polar surface area (TPSA) is 29.5 Å². The molecule has 3 atom stereocenters. The first-order chi connectivity index (χ1) is 6.38. The molecule has 0 aromatic carbocycles. The fourth-order valence-corrected chi connectivity index (χ4v) is 4.68. The fourth-order valence-electron chi connectivity index (χ4n) is 1.83. The summed E-state index contributed by atoms with van der Waals surface area (Å²) in [6.45, 7) is 1.61. The number of aliphatic hydroxyl groups excluding tert-OH is 1. The predicted octanol–water partition coefficient (Wildman–Crippen LogP) is 1.23. The van der Waals surface area contributed by atoms with Crippen LogP contribution in [0.25, 0.3) is 0 Å². The largest absolute Gasteiger partial charge is 0.392 e. The summed E-state index contributed by atoms with van der Waals surface area (Å²) in [5, 5.41) is 10.5. The van der Waals surface area contributed by atoms with E-state index >= 15 is 0 Å². The van der Waals surface area contributed by atoms with Gasteiger partial charge >= 0.3 is 0 Å². The van der Waals surface area contributed by atoms with E-state index in [1.54, 1.807) is 0 Å². The van der Waals surface area contributed by atoms with Crippen LogP contribution in [0.2, 0.25) is 0 Å². The van der Waals surface area contributed by atoms with E-state index in [1.807, 2.05) is 23.5 Å². The second kappa shape index (κ2) is 4.91. The molecule has 0 aliphatic carbocycles. The van der Waals surface area contributed by atoms with E-state index in [4.69, 9.17) is 4.74 Å². The van der Waals surface area contributed by atoms with E-state index in [2.05, 4.69) is 0 Å². The van der Waals surface area contributed by atoms with Gasteiger partial charge in [0.05, 0.1) is 12.7 Å². The molecule has 3 unspecified atom stereocenters. The lowest BCUT2D eigenvalue weighted by Gasteiger charge is -2.28. The molecule has 2 nitrogen and oxygen atoms in total. The average molecular weight is 220 g/mol. The molecule has 0 aromatic rings. The molecular formula is C9H16O2S2. The highest BCUT2D eigenvalue weighted by molar-refractivity contribution is 8.06. The van der Waals surface area contributed by atoms with Crippen molar-refractivity contribution in [1.82, 2.24) is 0 Å². The van der Waals surface area contributed by atoms with Crippen LogP contribution in [0.15, 0.2) is 0 Å². The quantitative estimate of drug-likeness (QED) is 0.758. The van der Waals surface area contributed by atoms with Crippen molar-refractivity contribution in [1.29, 1.82) is 0 Å². The minimum absolute atomic E-state index is 0.139. The molecule has 2 heterocycles. The minimum atomic E-state index is -0.139. The third-order valence-electron chi connectivity index (χ3n) is 2.67. The lowest BCUT2D eigenvalue weighted by Crippen LogP contribution is -2.35. The Hall–Kier alpha value is 0.620. The van der Waals surface area contributed by atoms with Crippen LogP contribution >= 0.6 is 23.5 Å². The van der Waals surface area contributed by atoms with Gasteiger partial charge < -0.3 is 9.84 Å². The molecule has 4 heteroatoms. The second-order valence-electron chi connectivity index (χ2n) is 3.60.